The van der Waals surface area contributed by atoms with Crippen molar-refractivity contribution in [3.63, 3.8) is 0 Å². The van der Waals surface area contributed by atoms with Crippen LogP contribution in [0.3, 0.4) is 0 Å². The minimum Gasteiger partial charge on any atom is -0.377 e. The third kappa shape index (κ3) is 3.83. The molecule has 24 heavy (non-hydrogen) atoms. The summed E-state index contributed by atoms with van der Waals surface area (Å²) in [5.41, 5.74) is 3.78. The Balaban J connectivity index is 1.72. The third-order valence-electron chi connectivity index (χ3n) is 4.47. The topological polar surface area (TPSA) is 60.6 Å². The van der Waals surface area contributed by atoms with E-state index in [0.29, 0.717) is 37.5 Å². The van der Waals surface area contributed by atoms with Crippen LogP contribution in [-0.4, -0.2) is 41.3 Å². The zero-order valence-electron chi connectivity index (χ0n) is 14.8. The molecule has 1 aromatic heterocycles. The lowest BCUT2D eigenvalue weighted by molar-refractivity contribution is -0.0662. The second-order valence-corrected chi connectivity index (χ2v) is 6.50. The molecule has 6 nitrogen and oxygen atoms in total. The van der Waals surface area contributed by atoms with Crippen molar-refractivity contribution in [2.24, 2.45) is 0 Å². The smallest absolute Gasteiger partial charge is 0.240 e. The van der Waals surface area contributed by atoms with Gasteiger partial charge in [-0.15, -0.1) is 0 Å². The van der Waals surface area contributed by atoms with Crippen molar-refractivity contribution in [2.45, 2.75) is 46.1 Å². The highest BCUT2D eigenvalue weighted by Gasteiger charge is 2.29. The molecule has 2 heterocycles. The normalized spacial score (nSPS) is 22.0. The maximum Gasteiger partial charge on any atom is 0.240 e. The molecule has 0 N–H and O–H groups in total. The molecule has 0 spiro atoms. The van der Waals surface area contributed by atoms with Crippen LogP contribution in [0.4, 0.5) is 0 Å². The molecule has 130 valence electrons. The van der Waals surface area contributed by atoms with Crippen molar-refractivity contribution >= 4 is 0 Å². The molecule has 1 aliphatic rings. The summed E-state index contributed by atoms with van der Waals surface area (Å²) in [6, 6.07) is 6.82. The molecule has 1 saturated heterocycles. The van der Waals surface area contributed by atoms with E-state index in [1.165, 1.54) is 16.7 Å². The largest absolute Gasteiger partial charge is 0.377 e. The van der Waals surface area contributed by atoms with Gasteiger partial charge in [0.1, 0.15) is 6.61 Å². The number of hydrogen-bond acceptors (Lipinski definition) is 6. The Morgan fingerprint density at radius 2 is 2.17 bits per heavy atom. The van der Waals surface area contributed by atoms with E-state index < -0.39 is 0 Å². The van der Waals surface area contributed by atoms with Crippen LogP contribution in [0, 0.1) is 13.8 Å². The van der Waals surface area contributed by atoms with Gasteiger partial charge in [0, 0.05) is 19.7 Å². The van der Waals surface area contributed by atoms with E-state index >= 15 is 0 Å². The molecule has 0 bridgehead atoms. The lowest BCUT2D eigenvalue weighted by Crippen LogP contribution is -2.44. The van der Waals surface area contributed by atoms with Gasteiger partial charge in [-0.3, -0.25) is 4.90 Å². The maximum atomic E-state index is 6.10. The van der Waals surface area contributed by atoms with Crippen molar-refractivity contribution in [1.82, 2.24) is 15.0 Å². The van der Waals surface area contributed by atoms with Crippen LogP contribution >= 0.6 is 0 Å². The minimum absolute atomic E-state index is 0.0717. The monoisotopic (exact) mass is 331 g/mol. The van der Waals surface area contributed by atoms with Gasteiger partial charge in [0.15, 0.2) is 5.82 Å². The van der Waals surface area contributed by atoms with Crippen LogP contribution in [0.15, 0.2) is 22.7 Å². The van der Waals surface area contributed by atoms with Crippen molar-refractivity contribution in [3.05, 3.63) is 46.6 Å². The third-order valence-corrected chi connectivity index (χ3v) is 4.47. The van der Waals surface area contributed by atoms with Crippen molar-refractivity contribution in [2.75, 3.05) is 20.3 Å². The molecule has 1 aliphatic heterocycles. The highest BCUT2D eigenvalue weighted by atomic mass is 16.5. The fraction of sp³-hybridized carbons (Fsp3) is 0.556. The summed E-state index contributed by atoms with van der Waals surface area (Å²) < 4.78 is 16.5. The standard InChI is InChI=1S/C18H25N3O3/c1-12-5-6-13(2)15(7-12)16-8-21(14(3)10-23-16)9-18-19-17(11-22-4)20-24-18/h5-7,14,16H,8-11H2,1-4H3/t14-,16-/m1/s1. The Kier molecular flexibility index (Phi) is 5.28. The van der Waals surface area contributed by atoms with Crippen molar-refractivity contribution in [3.8, 4) is 0 Å². The molecule has 0 saturated carbocycles. The SMILES string of the molecule is COCc1noc(CN2C[C@H](c3cc(C)ccc3C)OC[C@H]2C)n1. The van der Waals surface area contributed by atoms with E-state index in [2.05, 4.69) is 54.0 Å². The van der Waals surface area contributed by atoms with Gasteiger partial charge in [-0.05, 0) is 31.9 Å². The Morgan fingerprint density at radius 3 is 2.96 bits per heavy atom. The first-order chi connectivity index (χ1) is 11.6. The van der Waals surface area contributed by atoms with Gasteiger partial charge in [0.05, 0.1) is 19.3 Å². The van der Waals surface area contributed by atoms with Crippen molar-refractivity contribution in [1.29, 1.82) is 0 Å². The minimum atomic E-state index is 0.0717. The van der Waals surface area contributed by atoms with E-state index in [1.807, 2.05) is 0 Å². The number of benzene rings is 1. The maximum absolute atomic E-state index is 6.10. The lowest BCUT2D eigenvalue weighted by atomic mass is 9.99. The van der Waals surface area contributed by atoms with Crippen LogP contribution in [0.5, 0.6) is 0 Å². The molecule has 0 amide bonds. The van der Waals surface area contributed by atoms with Gasteiger partial charge in [-0.1, -0.05) is 28.9 Å². The van der Waals surface area contributed by atoms with Crippen LogP contribution in [0.1, 0.15) is 41.4 Å². The summed E-state index contributed by atoms with van der Waals surface area (Å²) in [5.74, 6) is 1.20. The molecule has 0 unspecified atom stereocenters. The molecule has 0 radical (unpaired) electrons. The van der Waals surface area contributed by atoms with Crippen LogP contribution in [0.25, 0.3) is 0 Å². The first-order valence-electron chi connectivity index (χ1n) is 8.30. The predicted molar refractivity (Wildman–Crippen MR) is 89.5 cm³/mol. The summed E-state index contributed by atoms with van der Waals surface area (Å²) in [6.45, 7) is 8.91. The summed E-state index contributed by atoms with van der Waals surface area (Å²) in [7, 11) is 1.62. The number of morpholine rings is 1. The van der Waals surface area contributed by atoms with E-state index in [-0.39, 0.29) is 6.10 Å². The van der Waals surface area contributed by atoms with Gasteiger partial charge in [0.2, 0.25) is 5.89 Å². The molecule has 1 fully saturated rings. The van der Waals surface area contributed by atoms with Gasteiger partial charge in [-0.2, -0.15) is 4.98 Å². The average Bonchev–Trinajstić information content (AvgIpc) is 2.99. The van der Waals surface area contributed by atoms with E-state index in [4.69, 9.17) is 14.0 Å². The lowest BCUT2D eigenvalue weighted by Gasteiger charge is -2.37. The Morgan fingerprint density at radius 1 is 1.33 bits per heavy atom. The summed E-state index contributed by atoms with van der Waals surface area (Å²) >= 11 is 0. The number of rotatable bonds is 5. The summed E-state index contributed by atoms with van der Waals surface area (Å²) in [5, 5.41) is 3.93. The number of aromatic nitrogens is 2. The van der Waals surface area contributed by atoms with Crippen LogP contribution in [0.2, 0.25) is 0 Å². The number of nitrogens with zero attached hydrogens (tertiary/aromatic N) is 3. The Hall–Kier alpha value is -1.76. The van der Waals surface area contributed by atoms with E-state index in [1.54, 1.807) is 7.11 Å². The highest BCUT2D eigenvalue weighted by Crippen LogP contribution is 2.28. The first-order valence-corrected chi connectivity index (χ1v) is 8.30. The summed E-state index contributed by atoms with van der Waals surface area (Å²) in [4.78, 5) is 6.71. The van der Waals surface area contributed by atoms with Gasteiger partial charge >= 0.3 is 0 Å². The van der Waals surface area contributed by atoms with Crippen LogP contribution < -0.4 is 0 Å². The second kappa shape index (κ2) is 7.42. The van der Waals surface area contributed by atoms with Gasteiger partial charge < -0.3 is 14.0 Å². The van der Waals surface area contributed by atoms with Crippen molar-refractivity contribution < 1.29 is 14.0 Å². The molecule has 1 aromatic carbocycles. The van der Waals surface area contributed by atoms with Gasteiger partial charge in [0.25, 0.3) is 0 Å². The molecule has 6 heteroatoms. The predicted octanol–water partition coefficient (Wildman–Crippen LogP) is 2.79. The fourth-order valence-corrected chi connectivity index (χ4v) is 3.04. The molecule has 2 atom stereocenters. The zero-order chi connectivity index (χ0) is 17.1. The molecular formula is C18H25N3O3. The number of aryl methyl sites for hydroxylation is 2. The highest BCUT2D eigenvalue weighted by molar-refractivity contribution is 5.32. The quantitative estimate of drug-likeness (QED) is 0.839. The van der Waals surface area contributed by atoms with E-state index in [9.17, 15) is 0 Å². The molecule has 0 aliphatic carbocycles. The zero-order valence-corrected chi connectivity index (χ0v) is 14.8. The number of hydrogen-bond donors (Lipinski definition) is 0. The summed E-state index contributed by atoms with van der Waals surface area (Å²) in [6.07, 6.45) is 0.0717. The Bertz CT molecular complexity index is 686. The molecule has 2 aromatic rings. The van der Waals surface area contributed by atoms with Gasteiger partial charge in [-0.25, -0.2) is 0 Å². The second-order valence-electron chi connectivity index (χ2n) is 6.50. The first kappa shape index (κ1) is 17.1. The molecular weight excluding hydrogens is 306 g/mol. The van der Waals surface area contributed by atoms with E-state index in [0.717, 1.165) is 6.54 Å². The number of methoxy groups -OCH3 is 1. The number of ether oxygens (including phenoxy) is 2. The average molecular weight is 331 g/mol. The Labute approximate surface area is 142 Å². The van der Waals surface area contributed by atoms with Crippen LogP contribution in [-0.2, 0) is 22.6 Å². The fourth-order valence-electron chi connectivity index (χ4n) is 3.04. The molecule has 3 rings (SSSR count).